The lowest BCUT2D eigenvalue weighted by atomic mass is 10.2. The van der Waals surface area contributed by atoms with E-state index in [2.05, 4.69) is 0 Å². The number of amides is 2. The topological polar surface area (TPSA) is 81.7 Å². The van der Waals surface area contributed by atoms with E-state index in [-0.39, 0.29) is 13.0 Å². The number of ether oxygens (including phenoxy) is 2. The van der Waals surface area contributed by atoms with Gasteiger partial charge in [-0.25, -0.2) is 4.79 Å². The van der Waals surface area contributed by atoms with Crippen LogP contribution in [0.1, 0.15) is 12.0 Å². The molecule has 2 amide bonds. The number of hydrogen-bond donors (Lipinski definition) is 1. The molecule has 1 heterocycles. The third-order valence-electron chi connectivity index (χ3n) is 2.47. The Bertz CT molecular complexity index is 531. The minimum atomic E-state index is -1.12. The molecule has 1 saturated heterocycles. The normalized spacial score (nSPS) is 18.1. The summed E-state index contributed by atoms with van der Waals surface area (Å²) in [6.45, 7) is -0.0687. The third kappa shape index (κ3) is 3.45. The minimum Gasteiger partial charge on any atom is -0.429 e. The zero-order chi connectivity index (χ0) is 13.8. The zero-order valence-electron chi connectivity index (χ0n) is 9.72. The van der Waals surface area contributed by atoms with Crippen LogP contribution in [0.2, 0.25) is 5.02 Å². The summed E-state index contributed by atoms with van der Waals surface area (Å²) in [4.78, 5) is 33.4. The number of carbonyl (C=O) groups is 3. The van der Waals surface area contributed by atoms with Gasteiger partial charge < -0.3 is 9.47 Å². The highest BCUT2D eigenvalue weighted by atomic mass is 35.5. The summed E-state index contributed by atoms with van der Waals surface area (Å²) in [5, 5.41) is 2.49. The van der Waals surface area contributed by atoms with Crippen molar-refractivity contribution < 1.29 is 23.9 Å². The van der Waals surface area contributed by atoms with Gasteiger partial charge in [-0.3, -0.25) is 14.9 Å². The van der Waals surface area contributed by atoms with Crippen molar-refractivity contribution in [2.45, 2.75) is 19.1 Å². The Morgan fingerprint density at radius 2 is 2.11 bits per heavy atom. The highest BCUT2D eigenvalue weighted by molar-refractivity contribution is 6.31. The average molecular weight is 284 g/mol. The molecule has 1 aromatic carbocycles. The van der Waals surface area contributed by atoms with E-state index in [4.69, 9.17) is 21.1 Å². The van der Waals surface area contributed by atoms with E-state index in [0.717, 1.165) is 0 Å². The Balaban J connectivity index is 1.84. The molecule has 0 radical (unpaired) electrons. The molecular weight excluding hydrogens is 274 g/mol. The van der Waals surface area contributed by atoms with Crippen LogP contribution in [0.4, 0.5) is 4.79 Å². The first-order chi connectivity index (χ1) is 9.06. The molecule has 1 atom stereocenters. The van der Waals surface area contributed by atoms with Crippen LogP contribution in [0, 0.1) is 0 Å². The third-order valence-corrected chi connectivity index (χ3v) is 2.84. The van der Waals surface area contributed by atoms with Crippen LogP contribution >= 0.6 is 11.6 Å². The second-order valence-electron chi connectivity index (χ2n) is 3.85. The van der Waals surface area contributed by atoms with E-state index in [0.29, 0.717) is 10.6 Å². The smallest absolute Gasteiger partial charge is 0.429 e. The molecule has 1 aromatic rings. The number of hydrogen-bond acceptors (Lipinski definition) is 5. The van der Waals surface area contributed by atoms with Gasteiger partial charge in [-0.05, 0) is 6.07 Å². The van der Waals surface area contributed by atoms with E-state index >= 15 is 0 Å². The Morgan fingerprint density at radius 3 is 2.74 bits per heavy atom. The molecule has 0 aliphatic carbocycles. The molecule has 7 heteroatoms. The molecule has 6 nitrogen and oxygen atoms in total. The number of benzene rings is 1. The van der Waals surface area contributed by atoms with Crippen LogP contribution < -0.4 is 5.32 Å². The van der Waals surface area contributed by atoms with E-state index in [9.17, 15) is 14.4 Å². The van der Waals surface area contributed by atoms with Gasteiger partial charge in [-0.15, -0.1) is 0 Å². The summed E-state index contributed by atoms with van der Waals surface area (Å²) in [6.07, 6.45) is -2.32. The lowest BCUT2D eigenvalue weighted by Gasteiger charge is -2.09. The number of halogens is 1. The number of carbonyl (C=O) groups excluding carboxylic acids is 3. The quantitative estimate of drug-likeness (QED) is 0.670. The van der Waals surface area contributed by atoms with Gasteiger partial charge in [0.25, 0.3) is 5.91 Å². The predicted octanol–water partition coefficient (Wildman–Crippen LogP) is 1.41. The van der Waals surface area contributed by atoms with Crippen LogP contribution in [-0.2, 0) is 25.7 Å². The number of rotatable bonds is 3. The summed E-state index contributed by atoms with van der Waals surface area (Å²) in [6, 6.07) is 6.85. The second-order valence-corrected chi connectivity index (χ2v) is 4.26. The molecule has 0 aromatic heterocycles. The van der Waals surface area contributed by atoms with Gasteiger partial charge in [-0.2, -0.15) is 0 Å². The van der Waals surface area contributed by atoms with E-state index < -0.39 is 24.1 Å². The molecule has 0 saturated carbocycles. The largest absolute Gasteiger partial charge is 0.509 e. The van der Waals surface area contributed by atoms with Crippen LogP contribution in [-0.4, -0.2) is 24.1 Å². The fourth-order valence-corrected chi connectivity index (χ4v) is 1.72. The molecule has 2 rings (SSSR count). The summed E-state index contributed by atoms with van der Waals surface area (Å²) < 4.78 is 9.54. The van der Waals surface area contributed by atoms with Gasteiger partial charge in [0.1, 0.15) is 6.61 Å². The van der Waals surface area contributed by atoms with Gasteiger partial charge in [-0.1, -0.05) is 29.8 Å². The highest BCUT2D eigenvalue weighted by Crippen LogP contribution is 2.16. The molecular formula is C12H10ClNO5. The van der Waals surface area contributed by atoms with E-state index in [1.165, 1.54) is 0 Å². The monoisotopic (exact) mass is 283 g/mol. The molecule has 1 aliphatic rings. The van der Waals surface area contributed by atoms with Crippen LogP contribution in [0.3, 0.4) is 0 Å². The number of imide groups is 1. The van der Waals surface area contributed by atoms with Crippen molar-refractivity contribution in [3.05, 3.63) is 34.9 Å². The van der Waals surface area contributed by atoms with Crippen LogP contribution in [0.5, 0.6) is 0 Å². The van der Waals surface area contributed by atoms with Crippen molar-refractivity contribution in [1.82, 2.24) is 5.32 Å². The maximum absolute atomic E-state index is 11.4. The Morgan fingerprint density at radius 1 is 1.37 bits per heavy atom. The molecule has 0 bridgehead atoms. The molecule has 100 valence electrons. The van der Waals surface area contributed by atoms with Crippen molar-refractivity contribution in [1.29, 1.82) is 0 Å². The van der Waals surface area contributed by atoms with Gasteiger partial charge in [0.05, 0.1) is 6.42 Å². The van der Waals surface area contributed by atoms with Crippen molar-refractivity contribution in [2.24, 2.45) is 0 Å². The van der Waals surface area contributed by atoms with Crippen LogP contribution in [0.15, 0.2) is 24.3 Å². The molecule has 1 N–H and O–H groups in total. The standard InChI is InChI=1S/C12H10ClNO5/c13-8-4-2-1-3-7(8)6-18-12(17)19-9-5-10(15)14-11(9)16/h1-4,9H,5-6H2,(H,14,15,16). The Labute approximate surface area is 113 Å². The fraction of sp³-hybridized carbons (Fsp3) is 0.250. The van der Waals surface area contributed by atoms with Gasteiger partial charge in [0, 0.05) is 10.6 Å². The van der Waals surface area contributed by atoms with Crippen molar-refractivity contribution in [3.63, 3.8) is 0 Å². The summed E-state index contributed by atoms with van der Waals surface area (Å²) in [5.74, 6) is -1.12. The van der Waals surface area contributed by atoms with Crippen LogP contribution in [0.25, 0.3) is 0 Å². The molecule has 1 aliphatic heterocycles. The molecule has 0 spiro atoms. The fourth-order valence-electron chi connectivity index (χ4n) is 1.53. The minimum absolute atomic E-state index is 0.0687. The predicted molar refractivity (Wildman–Crippen MR) is 64.3 cm³/mol. The van der Waals surface area contributed by atoms with Crippen molar-refractivity contribution >= 4 is 29.6 Å². The lowest BCUT2D eigenvalue weighted by Crippen LogP contribution is -2.28. The van der Waals surface area contributed by atoms with E-state index in [1.54, 1.807) is 24.3 Å². The average Bonchev–Trinajstić information content (AvgIpc) is 2.67. The SMILES string of the molecule is O=C1CC(OC(=O)OCc2ccccc2Cl)C(=O)N1. The number of nitrogens with one attached hydrogen (secondary N) is 1. The second kappa shape index (κ2) is 5.71. The maximum Gasteiger partial charge on any atom is 0.509 e. The maximum atomic E-state index is 11.4. The zero-order valence-corrected chi connectivity index (χ0v) is 10.5. The summed E-state index contributed by atoms with van der Waals surface area (Å²) in [5.41, 5.74) is 0.619. The van der Waals surface area contributed by atoms with Gasteiger partial charge >= 0.3 is 6.16 Å². The van der Waals surface area contributed by atoms with Gasteiger partial charge in [0.2, 0.25) is 5.91 Å². The van der Waals surface area contributed by atoms with Gasteiger partial charge in [0.15, 0.2) is 6.10 Å². The highest BCUT2D eigenvalue weighted by Gasteiger charge is 2.34. The Hall–Kier alpha value is -2.08. The van der Waals surface area contributed by atoms with Crippen molar-refractivity contribution in [2.75, 3.05) is 0 Å². The molecule has 1 fully saturated rings. The molecule has 1 unspecified atom stereocenters. The summed E-state index contributed by atoms with van der Waals surface area (Å²) in [7, 11) is 0. The Kier molecular flexibility index (Phi) is 4.01. The first kappa shape index (κ1) is 13.4. The van der Waals surface area contributed by atoms with E-state index in [1.807, 2.05) is 5.32 Å². The van der Waals surface area contributed by atoms with Crippen molar-refractivity contribution in [3.8, 4) is 0 Å². The molecule has 19 heavy (non-hydrogen) atoms. The first-order valence-corrected chi connectivity index (χ1v) is 5.84. The lowest BCUT2D eigenvalue weighted by molar-refractivity contribution is -0.128. The first-order valence-electron chi connectivity index (χ1n) is 5.47. The summed E-state index contributed by atoms with van der Waals surface area (Å²) >= 11 is 5.88.